The van der Waals surface area contributed by atoms with Gasteiger partial charge in [-0.15, -0.1) is 0 Å². The first-order valence-electron chi connectivity index (χ1n) is 10.5. The first-order valence-corrected chi connectivity index (χ1v) is 10.5. The second-order valence-corrected chi connectivity index (χ2v) is 7.62. The van der Waals surface area contributed by atoms with Gasteiger partial charge in [-0.05, 0) is 73.2 Å². The molecule has 0 aromatic heterocycles. The molecule has 6 heteroatoms. The van der Waals surface area contributed by atoms with Crippen LogP contribution in [-0.2, 0) is 12.8 Å². The van der Waals surface area contributed by atoms with Crippen molar-refractivity contribution >= 4 is 11.9 Å². The largest absolute Gasteiger partial charge is 0.508 e. The maximum absolute atomic E-state index is 11.2. The monoisotopic (exact) mass is 414 g/mol. The highest BCUT2D eigenvalue weighted by atomic mass is 16.4. The van der Waals surface area contributed by atoms with Gasteiger partial charge in [-0.1, -0.05) is 38.5 Å². The Hall–Kier alpha value is -3.02. The van der Waals surface area contributed by atoms with Gasteiger partial charge >= 0.3 is 11.9 Å². The fourth-order valence-electron chi connectivity index (χ4n) is 3.68. The number of hydrogen-bond donors (Lipinski definition) is 4. The predicted molar refractivity (Wildman–Crippen MR) is 114 cm³/mol. The molecule has 30 heavy (non-hydrogen) atoms. The lowest BCUT2D eigenvalue weighted by molar-refractivity contribution is 0.0684. The predicted octanol–water partition coefficient (Wildman–Crippen LogP) is 5.40. The van der Waals surface area contributed by atoms with Gasteiger partial charge in [0.1, 0.15) is 11.5 Å². The van der Waals surface area contributed by atoms with Gasteiger partial charge in [-0.25, -0.2) is 9.59 Å². The van der Waals surface area contributed by atoms with Crippen LogP contribution in [0.5, 0.6) is 11.5 Å². The maximum Gasteiger partial charge on any atom is 0.335 e. The molecule has 6 nitrogen and oxygen atoms in total. The van der Waals surface area contributed by atoms with Crippen molar-refractivity contribution in [2.45, 2.75) is 64.2 Å². The summed E-state index contributed by atoms with van der Waals surface area (Å²) in [6, 6.07) is 8.76. The molecule has 0 bridgehead atoms. The van der Waals surface area contributed by atoms with Crippen LogP contribution in [0.2, 0.25) is 0 Å². The van der Waals surface area contributed by atoms with E-state index in [1.165, 1.54) is 36.4 Å². The Kier molecular flexibility index (Phi) is 9.19. The van der Waals surface area contributed by atoms with Crippen LogP contribution in [0.4, 0.5) is 0 Å². The Morgan fingerprint density at radius 2 is 0.900 bits per heavy atom. The molecule has 0 fully saturated rings. The molecule has 0 spiro atoms. The minimum absolute atomic E-state index is 0.0937. The lowest BCUT2D eigenvalue weighted by Gasteiger charge is -2.08. The second kappa shape index (κ2) is 11.9. The molecular formula is C24H30O6. The van der Waals surface area contributed by atoms with Crippen LogP contribution in [0, 0.1) is 0 Å². The van der Waals surface area contributed by atoms with Crippen LogP contribution in [-0.4, -0.2) is 32.4 Å². The van der Waals surface area contributed by atoms with E-state index in [-0.39, 0.29) is 22.6 Å². The van der Waals surface area contributed by atoms with Gasteiger partial charge in [-0.2, -0.15) is 0 Å². The molecule has 0 atom stereocenters. The summed E-state index contributed by atoms with van der Waals surface area (Å²) in [7, 11) is 0. The topological polar surface area (TPSA) is 115 Å². The minimum atomic E-state index is -0.966. The molecule has 0 saturated heterocycles. The van der Waals surface area contributed by atoms with Crippen molar-refractivity contribution in [3.8, 4) is 11.5 Å². The van der Waals surface area contributed by atoms with Crippen molar-refractivity contribution < 1.29 is 30.0 Å². The zero-order chi connectivity index (χ0) is 21.9. The Balaban J connectivity index is 1.58. The molecule has 0 heterocycles. The Bertz CT molecular complexity index is 787. The number of carbonyl (C=O) groups is 2. The average Bonchev–Trinajstić information content (AvgIpc) is 2.69. The molecule has 2 aromatic rings. The number of phenols is 2. The van der Waals surface area contributed by atoms with Crippen LogP contribution in [0.1, 0.15) is 83.2 Å². The molecule has 0 unspecified atom stereocenters. The van der Waals surface area contributed by atoms with E-state index in [0.29, 0.717) is 24.0 Å². The minimum Gasteiger partial charge on any atom is -0.508 e. The molecule has 162 valence electrons. The van der Waals surface area contributed by atoms with E-state index in [2.05, 4.69) is 0 Å². The molecule has 0 amide bonds. The number of hydrogen-bond acceptors (Lipinski definition) is 4. The maximum atomic E-state index is 11.2. The molecule has 0 radical (unpaired) electrons. The number of carboxylic acid groups (broad SMARTS) is 2. The number of carboxylic acids is 2. The van der Waals surface area contributed by atoms with Gasteiger partial charge in [0.25, 0.3) is 0 Å². The third-order valence-corrected chi connectivity index (χ3v) is 5.28. The average molecular weight is 414 g/mol. The fraction of sp³-hybridized carbons (Fsp3) is 0.417. The summed E-state index contributed by atoms with van der Waals surface area (Å²) in [6.45, 7) is 0. The van der Waals surface area contributed by atoms with Gasteiger partial charge in [0.15, 0.2) is 0 Å². The first kappa shape index (κ1) is 23.3. The zero-order valence-electron chi connectivity index (χ0n) is 17.1. The molecule has 2 rings (SSSR count). The Morgan fingerprint density at radius 3 is 1.23 bits per heavy atom. The fourth-order valence-corrected chi connectivity index (χ4v) is 3.68. The molecule has 0 saturated carbocycles. The summed E-state index contributed by atoms with van der Waals surface area (Å²) >= 11 is 0. The molecular weight excluding hydrogens is 384 g/mol. The smallest absolute Gasteiger partial charge is 0.335 e. The first-order chi connectivity index (χ1) is 14.4. The van der Waals surface area contributed by atoms with Gasteiger partial charge < -0.3 is 20.4 Å². The highest BCUT2D eigenvalue weighted by molar-refractivity contribution is 5.90. The lowest BCUT2D eigenvalue weighted by Crippen LogP contribution is -2.02. The van der Waals surface area contributed by atoms with Crippen LogP contribution in [0.25, 0.3) is 0 Å². The quantitative estimate of drug-likeness (QED) is 0.326. The number of rotatable bonds is 13. The molecule has 0 aliphatic rings. The van der Waals surface area contributed by atoms with Gasteiger partial charge in [0, 0.05) is 0 Å². The highest BCUT2D eigenvalue weighted by Crippen LogP contribution is 2.21. The summed E-state index contributed by atoms with van der Waals surface area (Å²) in [6.07, 6.45) is 9.47. The molecule has 4 N–H and O–H groups in total. The van der Waals surface area contributed by atoms with E-state index < -0.39 is 11.9 Å². The summed E-state index contributed by atoms with van der Waals surface area (Å²) in [5.41, 5.74) is 1.86. The van der Waals surface area contributed by atoms with Crippen LogP contribution in [0.15, 0.2) is 36.4 Å². The molecule has 0 aliphatic heterocycles. The van der Waals surface area contributed by atoms with Gasteiger partial charge in [0.05, 0.1) is 11.1 Å². The number of aryl methyl sites for hydroxylation is 2. The number of aromatic hydroxyl groups is 2. The third-order valence-electron chi connectivity index (χ3n) is 5.28. The van der Waals surface area contributed by atoms with Crippen molar-refractivity contribution in [1.82, 2.24) is 0 Å². The number of aromatic carboxylic acids is 2. The highest BCUT2D eigenvalue weighted by Gasteiger charge is 2.11. The van der Waals surface area contributed by atoms with Gasteiger partial charge in [0.2, 0.25) is 0 Å². The standard InChI is InChI=1S/C24H30O6/c25-19-11-13-21(23(27)28)17(15-19)9-7-5-3-1-2-4-6-8-10-18-16-20(26)12-14-22(18)24(29)30/h11-16,25-26H,1-10H2,(H,27,28)(H,29,30). The number of benzene rings is 2. The van der Waals surface area contributed by atoms with Crippen LogP contribution < -0.4 is 0 Å². The number of unbranched alkanes of at least 4 members (excludes halogenated alkanes) is 7. The number of phenolic OH excluding ortho intramolecular Hbond substituents is 2. The van der Waals surface area contributed by atoms with Crippen LogP contribution in [0.3, 0.4) is 0 Å². The van der Waals surface area contributed by atoms with Crippen molar-refractivity contribution in [3.63, 3.8) is 0 Å². The van der Waals surface area contributed by atoms with E-state index in [1.54, 1.807) is 0 Å². The summed E-state index contributed by atoms with van der Waals surface area (Å²) in [5.74, 6) is -1.75. The van der Waals surface area contributed by atoms with E-state index in [1.807, 2.05) is 0 Å². The van der Waals surface area contributed by atoms with Crippen molar-refractivity contribution in [3.05, 3.63) is 58.7 Å². The van der Waals surface area contributed by atoms with Crippen molar-refractivity contribution in [2.75, 3.05) is 0 Å². The summed E-state index contributed by atoms with van der Waals surface area (Å²) in [4.78, 5) is 22.5. The van der Waals surface area contributed by atoms with E-state index in [0.717, 1.165) is 51.4 Å². The van der Waals surface area contributed by atoms with Crippen molar-refractivity contribution in [1.29, 1.82) is 0 Å². The lowest BCUT2D eigenvalue weighted by atomic mass is 9.99. The Morgan fingerprint density at radius 1 is 0.567 bits per heavy atom. The Labute approximate surface area is 176 Å². The van der Waals surface area contributed by atoms with E-state index >= 15 is 0 Å². The second-order valence-electron chi connectivity index (χ2n) is 7.62. The van der Waals surface area contributed by atoms with Gasteiger partial charge in [-0.3, -0.25) is 0 Å². The third kappa shape index (κ3) is 7.43. The van der Waals surface area contributed by atoms with E-state index in [4.69, 9.17) is 0 Å². The van der Waals surface area contributed by atoms with Crippen molar-refractivity contribution in [2.24, 2.45) is 0 Å². The summed E-state index contributed by atoms with van der Waals surface area (Å²) < 4.78 is 0. The summed E-state index contributed by atoms with van der Waals surface area (Å²) in [5, 5.41) is 37.5. The SMILES string of the molecule is O=C(O)c1ccc(O)cc1CCCCCCCCCCc1cc(O)ccc1C(=O)O. The molecule has 2 aromatic carbocycles. The van der Waals surface area contributed by atoms with E-state index in [9.17, 15) is 30.0 Å². The van der Waals surface area contributed by atoms with Crippen LogP contribution >= 0.6 is 0 Å². The zero-order valence-corrected chi connectivity index (χ0v) is 17.1. The molecule has 0 aliphatic carbocycles. The normalized spacial score (nSPS) is 10.8.